The van der Waals surface area contributed by atoms with Crippen LogP contribution in [0.25, 0.3) is 33.4 Å². The zero-order valence-electron chi connectivity index (χ0n) is 34.6. The molecule has 0 N–H and O–H groups in total. The minimum Gasteiger partial charge on any atom is -0.310 e. The highest BCUT2D eigenvalue weighted by molar-refractivity contribution is 5.97. The number of para-hydroxylation sites is 1. The van der Waals surface area contributed by atoms with Crippen molar-refractivity contribution >= 4 is 17.1 Å². The molecule has 1 spiro atoms. The molecule has 1 atom stereocenters. The van der Waals surface area contributed by atoms with Crippen molar-refractivity contribution in [2.75, 3.05) is 4.90 Å². The van der Waals surface area contributed by atoms with Gasteiger partial charge in [-0.2, -0.15) is 0 Å². The van der Waals surface area contributed by atoms with Gasteiger partial charge in [0.15, 0.2) is 0 Å². The van der Waals surface area contributed by atoms with Gasteiger partial charge in [0.05, 0.1) is 5.41 Å². The van der Waals surface area contributed by atoms with Crippen LogP contribution in [0.2, 0.25) is 0 Å². The van der Waals surface area contributed by atoms with E-state index in [0.717, 1.165) is 0 Å². The normalized spacial score (nSPS) is 19.8. The zero-order valence-corrected chi connectivity index (χ0v) is 34.6. The highest BCUT2D eigenvalue weighted by Crippen LogP contribution is 2.64. The third kappa shape index (κ3) is 5.10. The molecule has 59 heavy (non-hydrogen) atoms. The van der Waals surface area contributed by atoms with Crippen LogP contribution in [0.5, 0.6) is 0 Å². The number of benzene rings is 7. The number of nitrogens with zero attached hydrogens (tertiary/aromatic N) is 1. The van der Waals surface area contributed by atoms with E-state index in [-0.39, 0.29) is 5.41 Å². The summed E-state index contributed by atoms with van der Waals surface area (Å²) in [6, 6.07) is 59.6. The van der Waals surface area contributed by atoms with Crippen LogP contribution in [0, 0.1) is 0 Å². The molecule has 7 aromatic rings. The largest absolute Gasteiger partial charge is 0.310 e. The quantitative estimate of drug-likeness (QED) is 0.169. The van der Waals surface area contributed by atoms with Gasteiger partial charge in [0.1, 0.15) is 0 Å². The molecule has 0 aliphatic heterocycles. The first-order valence-corrected chi connectivity index (χ1v) is 22.7. The summed E-state index contributed by atoms with van der Waals surface area (Å²) in [6.45, 7) is 4.82. The number of anilines is 3. The van der Waals surface area contributed by atoms with Gasteiger partial charge in [-0.3, -0.25) is 0 Å². The van der Waals surface area contributed by atoms with E-state index in [0.29, 0.717) is 11.8 Å². The van der Waals surface area contributed by atoms with Crippen molar-refractivity contribution in [2.45, 2.75) is 101 Å². The minimum atomic E-state index is -0.394. The van der Waals surface area contributed by atoms with Crippen molar-refractivity contribution in [1.29, 1.82) is 0 Å². The fourth-order valence-corrected chi connectivity index (χ4v) is 12.7. The van der Waals surface area contributed by atoms with Gasteiger partial charge in [0.25, 0.3) is 0 Å². The summed E-state index contributed by atoms with van der Waals surface area (Å²) < 4.78 is 0. The van der Waals surface area contributed by atoms with Crippen molar-refractivity contribution in [2.24, 2.45) is 0 Å². The van der Waals surface area contributed by atoms with Crippen LogP contribution in [0.4, 0.5) is 17.1 Å². The molecule has 0 bridgehead atoms. The molecule has 2 fully saturated rings. The Labute approximate surface area is 350 Å². The van der Waals surface area contributed by atoms with E-state index in [1.54, 1.807) is 0 Å². The summed E-state index contributed by atoms with van der Waals surface area (Å²) in [7, 11) is 0. The van der Waals surface area contributed by atoms with Gasteiger partial charge in [0, 0.05) is 22.5 Å². The second-order valence-electron chi connectivity index (χ2n) is 18.8. The smallest absolute Gasteiger partial charge is 0.0726 e. The second kappa shape index (κ2) is 13.4. The fourth-order valence-electron chi connectivity index (χ4n) is 12.7. The number of fused-ring (bicyclic) bond motifs is 13. The molecule has 1 heteroatoms. The predicted molar refractivity (Wildman–Crippen MR) is 247 cm³/mol. The molecule has 0 heterocycles. The maximum atomic E-state index is 2.65. The van der Waals surface area contributed by atoms with E-state index >= 15 is 0 Å². The van der Waals surface area contributed by atoms with E-state index in [9.17, 15) is 0 Å². The highest BCUT2D eigenvalue weighted by atomic mass is 15.1. The van der Waals surface area contributed by atoms with Gasteiger partial charge in [-0.15, -0.1) is 0 Å². The van der Waals surface area contributed by atoms with E-state index in [4.69, 9.17) is 0 Å². The van der Waals surface area contributed by atoms with Crippen molar-refractivity contribution in [1.82, 2.24) is 0 Å². The minimum absolute atomic E-state index is 0.0898. The van der Waals surface area contributed by atoms with E-state index in [1.807, 2.05) is 0 Å². The lowest BCUT2D eigenvalue weighted by molar-refractivity contribution is 0.443. The molecule has 0 radical (unpaired) electrons. The first-order valence-electron chi connectivity index (χ1n) is 22.7. The van der Waals surface area contributed by atoms with Gasteiger partial charge in [-0.1, -0.05) is 174 Å². The van der Waals surface area contributed by atoms with Gasteiger partial charge in [-0.05, 0) is 146 Å². The first-order chi connectivity index (χ1) is 29.0. The van der Waals surface area contributed by atoms with Gasteiger partial charge in [0.2, 0.25) is 0 Å². The summed E-state index contributed by atoms with van der Waals surface area (Å²) in [5, 5.41) is 0. The summed E-state index contributed by atoms with van der Waals surface area (Å²) in [6.07, 6.45) is 13.1. The van der Waals surface area contributed by atoms with Gasteiger partial charge >= 0.3 is 0 Å². The molecular weight excluding hydrogens is 711 g/mol. The number of hydrogen-bond donors (Lipinski definition) is 0. The lowest BCUT2D eigenvalue weighted by Crippen LogP contribution is -2.26. The maximum absolute atomic E-state index is 2.65. The Hall–Kier alpha value is -5.66. The average molecular weight is 764 g/mol. The van der Waals surface area contributed by atoms with E-state index < -0.39 is 5.41 Å². The lowest BCUT2D eigenvalue weighted by Gasteiger charge is -2.34. The molecule has 0 aromatic heterocycles. The molecule has 1 nitrogen and oxygen atoms in total. The van der Waals surface area contributed by atoms with Crippen LogP contribution in [0.15, 0.2) is 152 Å². The Morgan fingerprint density at radius 2 is 0.847 bits per heavy atom. The van der Waals surface area contributed by atoms with Gasteiger partial charge in [-0.25, -0.2) is 0 Å². The number of hydrogen-bond acceptors (Lipinski definition) is 1. The maximum Gasteiger partial charge on any atom is 0.0726 e. The van der Waals surface area contributed by atoms with Crippen molar-refractivity contribution in [3.63, 3.8) is 0 Å². The van der Waals surface area contributed by atoms with Gasteiger partial charge < -0.3 is 4.90 Å². The van der Waals surface area contributed by atoms with Crippen LogP contribution < -0.4 is 4.90 Å². The Morgan fingerprint density at radius 3 is 1.49 bits per heavy atom. The number of rotatable bonds is 5. The van der Waals surface area contributed by atoms with Crippen LogP contribution in [0.1, 0.15) is 134 Å². The van der Waals surface area contributed by atoms with E-state index in [1.165, 1.54) is 159 Å². The van der Waals surface area contributed by atoms with Crippen LogP contribution in [-0.2, 0) is 10.8 Å². The Bertz CT molecular complexity index is 2780. The Morgan fingerprint density at radius 1 is 0.390 bits per heavy atom. The summed E-state index contributed by atoms with van der Waals surface area (Å²) in [4.78, 5) is 2.64. The van der Waals surface area contributed by atoms with Crippen LogP contribution in [-0.4, -0.2) is 0 Å². The molecule has 0 saturated heterocycles. The van der Waals surface area contributed by atoms with Crippen LogP contribution in [0.3, 0.4) is 0 Å². The fraction of sp³-hybridized carbons (Fsp3) is 0.276. The second-order valence-corrected chi connectivity index (χ2v) is 18.8. The molecule has 290 valence electrons. The standard InChI is InChI=1S/C58H53N/c1-57(2)50-25-13-9-22-44(50)47-33-30-41(36-53(47)57)59(56-28-16-12-21-43(56)39-19-7-4-8-20-39)42-31-34-49-46-24-11-15-27-52(46)58(55(49)37-42)51-26-14-10-23-45(51)48-32-29-40(35-54(48)58)38-17-5-3-6-18-38/h9-16,21-39H,3-8,17-20H2,1-2H3. The first kappa shape index (κ1) is 35.3. The molecular formula is C58H53N. The topological polar surface area (TPSA) is 3.24 Å². The van der Waals surface area contributed by atoms with Crippen LogP contribution >= 0.6 is 0 Å². The third-order valence-electron chi connectivity index (χ3n) is 15.5. The third-order valence-corrected chi connectivity index (χ3v) is 15.5. The molecule has 12 rings (SSSR count). The average Bonchev–Trinajstić information content (AvgIpc) is 3.85. The molecule has 5 aliphatic rings. The van der Waals surface area contributed by atoms with E-state index in [2.05, 4.69) is 170 Å². The Kier molecular flexibility index (Phi) is 8.04. The molecule has 1 unspecified atom stereocenters. The highest BCUT2D eigenvalue weighted by Gasteiger charge is 2.52. The zero-order chi connectivity index (χ0) is 39.3. The molecule has 5 aliphatic carbocycles. The molecule has 2 saturated carbocycles. The molecule has 7 aromatic carbocycles. The predicted octanol–water partition coefficient (Wildman–Crippen LogP) is 15.9. The monoisotopic (exact) mass is 763 g/mol. The van der Waals surface area contributed by atoms with Crippen molar-refractivity contribution < 1.29 is 0 Å². The Balaban J connectivity index is 1.11. The SMILES string of the molecule is CC1(C)c2ccccc2-c2ccc(N(c3ccc4c(c3)C3(c5ccccc5-c5ccc(C6CCCCC6)cc53)c3ccccc3-4)c3ccccc3C3CCCCC3)cc21. The summed E-state index contributed by atoms with van der Waals surface area (Å²) in [5.41, 5.74) is 23.1. The molecule has 0 amide bonds. The summed E-state index contributed by atoms with van der Waals surface area (Å²) >= 11 is 0. The van der Waals surface area contributed by atoms with Crippen molar-refractivity contribution in [3.05, 3.63) is 196 Å². The summed E-state index contributed by atoms with van der Waals surface area (Å²) in [5.74, 6) is 1.20. The van der Waals surface area contributed by atoms with Crippen molar-refractivity contribution in [3.8, 4) is 33.4 Å². The lowest BCUT2D eigenvalue weighted by atomic mass is 9.69.